The lowest BCUT2D eigenvalue weighted by atomic mass is 9.69. The van der Waals surface area contributed by atoms with E-state index in [1.165, 1.54) is 22.3 Å². The van der Waals surface area contributed by atoms with Gasteiger partial charge in [-0.2, -0.15) is 0 Å². The Morgan fingerprint density at radius 3 is 1.51 bits per heavy atom. The fraction of sp³-hybridized carbons (Fsp3) is 0.450. The van der Waals surface area contributed by atoms with Gasteiger partial charge in [0.15, 0.2) is 0 Å². The number of hydrogen-bond acceptors (Lipinski definition) is 3. The number of aliphatic hydroxyl groups excluding tert-OH is 3. The molecule has 0 saturated heterocycles. The lowest BCUT2D eigenvalue weighted by Gasteiger charge is -2.40. The molecule has 2 rings (SSSR count). The van der Waals surface area contributed by atoms with E-state index in [1.807, 2.05) is 32.9 Å². The lowest BCUT2D eigenvalue weighted by molar-refractivity contribution is -0.0439. The summed E-state index contributed by atoms with van der Waals surface area (Å²) in [5.41, 5.74) is 8.76. The van der Waals surface area contributed by atoms with Gasteiger partial charge in [0.2, 0.25) is 0 Å². The van der Waals surface area contributed by atoms with Crippen LogP contribution in [0.5, 0.6) is 0 Å². The molecule has 0 radical (unpaired) electrons. The van der Waals surface area contributed by atoms with Crippen LogP contribution in [-0.2, 0) is 0 Å². The fourth-order valence-electron chi connectivity index (χ4n) is 5.79. The Bertz CT molecular complexity index is 1330. The molecule has 0 aromatic carbocycles. The minimum atomic E-state index is -0.761. The third-order valence-electron chi connectivity index (χ3n) is 8.84. The summed E-state index contributed by atoms with van der Waals surface area (Å²) in [7, 11) is 0. The van der Waals surface area contributed by atoms with Crippen molar-refractivity contribution >= 4 is 0 Å². The highest BCUT2D eigenvalue weighted by molar-refractivity contribution is 5.40. The van der Waals surface area contributed by atoms with E-state index in [4.69, 9.17) is 0 Å². The Kier molecular flexibility index (Phi) is 13.6. The van der Waals surface area contributed by atoms with Gasteiger partial charge in [0.05, 0.1) is 18.3 Å². The molecule has 0 aliphatic heterocycles. The van der Waals surface area contributed by atoms with Crippen molar-refractivity contribution in [2.75, 3.05) is 0 Å². The standard InChI is InChI=1S/C40H56O3/c1-28(17-13-19-30(3)21-24-34-32(5)23-26-37(42)39(34,7)8)15-11-12-16-29(2)18-14-20-31(4)22-25-35-33(6)27-36(41)38(43)40(35,9)10/h11-22,24-25,36-38,41-43H,23,26-27H2,1-10H3/b12-11+,17-13+,18-14+,24-21+,25-22+,28-15+,29-16+,30-19+,31-20+. The molecule has 3 nitrogen and oxygen atoms in total. The van der Waals surface area contributed by atoms with E-state index >= 15 is 0 Å². The first-order chi connectivity index (χ1) is 20.1. The van der Waals surface area contributed by atoms with Crippen molar-refractivity contribution in [1.29, 1.82) is 0 Å². The third-order valence-corrected chi connectivity index (χ3v) is 8.84. The Balaban J connectivity index is 1.92. The molecule has 2 aliphatic rings. The van der Waals surface area contributed by atoms with E-state index in [0.717, 1.165) is 35.1 Å². The highest BCUT2D eigenvalue weighted by Gasteiger charge is 2.40. The largest absolute Gasteiger partial charge is 0.392 e. The van der Waals surface area contributed by atoms with Crippen LogP contribution in [-0.4, -0.2) is 33.6 Å². The molecule has 0 spiro atoms. The van der Waals surface area contributed by atoms with Crippen LogP contribution < -0.4 is 0 Å². The van der Waals surface area contributed by atoms with Crippen LogP contribution in [0.3, 0.4) is 0 Å². The van der Waals surface area contributed by atoms with Gasteiger partial charge < -0.3 is 15.3 Å². The van der Waals surface area contributed by atoms with Crippen LogP contribution in [0.4, 0.5) is 0 Å². The fourth-order valence-corrected chi connectivity index (χ4v) is 5.79. The molecular weight excluding hydrogens is 528 g/mol. The summed E-state index contributed by atoms with van der Waals surface area (Å²) >= 11 is 0. The number of hydrogen-bond donors (Lipinski definition) is 3. The van der Waals surface area contributed by atoms with Crippen molar-refractivity contribution in [3.8, 4) is 0 Å². The summed E-state index contributed by atoms with van der Waals surface area (Å²) in [5.74, 6) is 0. The van der Waals surface area contributed by atoms with E-state index in [0.29, 0.717) is 6.42 Å². The van der Waals surface area contributed by atoms with Crippen molar-refractivity contribution in [3.05, 3.63) is 130 Å². The van der Waals surface area contributed by atoms with E-state index < -0.39 is 17.6 Å². The molecule has 2 aliphatic carbocycles. The number of allylic oxidation sites excluding steroid dienone is 19. The zero-order chi connectivity index (χ0) is 32.4. The summed E-state index contributed by atoms with van der Waals surface area (Å²) in [6, 6.07) is 0. The van der Waals surface area contributed by atoms with Crippen LogP contribution >= 0.6 is 0 Å². The van der Waals surface area contributed by atoms with Gasteiger partial charge in [-0.15, -0.1) is 0 Å². The van der Waals surface area contributed by atoms with Crippen LogP contribution in [0.2, 0.25) is 0 Å². The quantitative estimate of drug-likeness (QED) is 0.224. The normalized spacial score (nSPS) is 26.5. The predicted molar refractivity (Wildman–Crippen MR) is 186 cm³/mol. The van der Waals surface area contributed by atoms with E-state index in [1.54, 1.807) is 0 Å². The predicted octanol–water partition coefficient (Wildman–Crippen LogP) is 9.52. The van der Waals surface area contributed by atoms with Crippen LogP contribution in [0.1, 0.15) is 88.5 Å². The van der Waals surface area contributed by atoms with Crippen LogP contribution in [0, 0.1) is 10.8 Å². The topological polar surface area (TPSA) is 60.7 Å². The summed E-state index contributed by atoms with van der Waals surface area (Å²) in [5, 5.41) is 31.0. The maximum absolute atomic E-state index is 10.4. The molecule has 0 amide bonds. The highest BCUT2D eigenvalue weighted by atomic mass is 16.3. The van der Waals surface area contributed by atoms with Gasteiger partial charge in [0, 0.05) is 10.8 Å². The molecule has 0 fully saturated rings. The Morgan fingerprint density at radius 1 is 0.605 bits per heavy atom. The average Bonchev–Trinajstić information content (AvgIpc) is 2.92. The molecule has 3 N–H and O–H groups in total. The summed E-state index contributed by atoms with van der Waals surface area (Å²) in [6.07, 6.45) is 29.8. The molecule has 0 aromatic rings. The molecule has 3 atom stereocenters. The molecular formula is C40H56O3. The molecule has 0 saturated carbocycles. The smallest absolute Gasteiger partial charge is 0.0893 e. The molecule has 0 bridgehead atoms. The van der Waals surface area contributed by atoms with Gasteiger partial charge in [-0.3, -0.25) is 0 Å². The first-order valence-corrected chi connectivity index (χ1v) is 15.6. The molecule has 3 heteroatoms. The monoisotopic (exact) mass is 584 g/mol. The first-order valence-electron chi connectivity index (χ1n) is 15.6. The molecule has 0 aromatic heterocycles. The number of aliphatic hydroxyl groups is 3. The van der Waals surface area contributed by atoms with E-state index in [-0.39, 0.29) is 11.5 Å². The zero-order valence-electron chi connectivity index (χ0n) is 28.3. The van der Waals surface area contributed by atoms with Crippen molar-refractivity contribution in [1.82, 2.24) is 0 Å². The summed E-state index contributed by atoms with van der Waals surface area (Å²) in [4.78, 5) is 0. The second-order valence-corrected chi connectivity index (χ2v) is 13.5. The van der Waals surface area contributed by atoms with Gasteiger partial charge in [0.1, 0.15) is 0 Å². The SMILES string of the molecule is CC1=C(/C=C/C(C)=C/C=C/C(C)=C/C=C/C=C(C)/C=C/C=C(C)/C=C/C2=C(C)CC(O)C(O)C2(C)C)C(C)(C)C(O)CC1. The van der Waals surface area contributed by atoms with Crippen LogP contribution in [0.15, 0.2) is 130 Å². The number of rotatable bonds is 10. The molecule has 3 unspecified atom stereocenters. The maximum atomic E-state index is 10.4. The van der Waals surface area contributed by atoms with Crippen molar-refractivity contribution in [3.63, 3.8) is 0 Å². The van der Waals surface area contributed by atoms with E-state index in [2.05, 4.69) is 121 Å². The molecule has 234 valence electrons. The minimum Gasteiger partial charge on any atom is -0.392 e. The van der Waals surface area contributed by atoms with Crippen molar-refractivity contribution in [2.45, 2.75) is 107 Å². The average molecular weight is 585 g/mol. The summed E-state index contributed by atoms with van der Waals surface area (Å²) < 4.78 is 0. The van der Waals surface area contributed by atoms with Crippen molar-refractivity contribution in [2.24, 2.45) is 10.8 Å². The Labute approximate surface area is 262 Å². The van der Waals surface area contributed by atoms with Gasteiger partial charge in [-0.05, 0) is 72.0 Å². The van der Waals surface area contributed by atoms with Crippen LogP contribution in [0.25, 0.3) is 0 Å². The second-order valence-electron chi connectivity index (χ2n) is 13.5. The Morgan fingerprint density at radius 2 is 1.02 bits per heavy atom. The van der Waals surface area contributed by atoms with E-state index in [9.17, 15) is 15.3 Å². The molecule has 43 heavy (non-hydrogen) atoms. The second kappa shape index (κ2) is 16.2. The van der Waals surface area contributed by atoms with Crippen molar-refractivity contribution < 1.29 is 15.3 Å². The summed E-state index contributed by atoms with van der Waals surface area (Å²) in [6.45, 7) is 20.8. The van der Waals surface area contributed by atoms with Gasteiger partial charge >= 0.3 is 0 Å². The van der Waals surface area contributed by atoms with Gasteiger partial charge in [-0.25, -0.2) is 0 Å². The first kappa shape index (κ1) is 36.2. The minimum absolute atomic E-state index is 0.210. The lowest BCUT2D eigenvalue weighted by Crippen LogP contribution is -2.44. The maximum Gasteiger partial charge on any atom is 0.0893 e. The van der Waals surface area contributed by atoms with Gasteiger partial charge in [-0.1, -0.05) is 146 Å². The highest BCUT2D eigenvalue weighted by Crippen LogP contribution is 2.42. The molecule has 0 heterocycles. The Hall–Kier alpha value is -2.98. The van der Waals surface area contributed by atoms with Gasteiger partial charge in [0.25, 0.3) is 0 Å². The third kappa shape index (κ3) is 10.6. The zero-order valence-corrected chi connectivity index (χ0v) is 28.3.